The lowest BCUT2D eigenvalue weighted by molar-refractivity contribution is -0.134. The summed E-state index contributed by atoms with van der Waals surface area (Å²) in [6.07, 6.45) is 2.25. The van der Waals surface area contributed by atoms with Gasteiger partial charge in [0.25, 0.3) is 0 Å². The van der Waals surface area contributed by atoms with E-state index in [1.54, 1.807) is 29.2 Å². The molecule has 0 saturated heterocycles. The van der Waals surface area contributed by atoms with Gasteiger partial charge in [-0.25, -0.2) is 8.42 Å². The van der Waals surface area contributed by atoms with Gasteiger partial charge in [0, 0.05) is 51.9 Å². The Hall–Kier alpha value is -3.36. The fraction of sp³-hybridized carbons (Fsp3) is 0.500. The molecule has 3 amide bonds. The van der Waals surface area contributed by atoms with Gasteiger partial charge in [0.05, 0.1) is 17.4 Å². The summed E-state index contributed by atoms with van der Waals surface area (Å²) in [6, 6.07) is 15.7. The zero-order chi connectivity index (χ0) is 32.3. The van der Waals surface area contributed by atoms with E-state index in [1.165, 1.54) is 9.87 Å². The summed E-state index contributed by atoms with van der Waals surface area (Å²) in [5.74, 6) is -0.509. The van der Waals surface area contributed by atoms with Crippen molar-refractivity contribution in [2.24, 2.45) is 17.2 Å². The molecule has 2 aromatic carbocycles. The van der Waals surface area contributed by atoms with Gasteiger partial charge in [-0.05, 0) is 43.0 Å². The van der Waals surface area contributed by atoms with E-state index in [0.717, 1.165) is 18.4 Å². The lowest BCUT2D eigenvalue weighted by Gasteiger charge is -2.23. The van der Waals surface area contributed by atoms with Gasteiger partial charge in [0.1, 0.15) is 0 Å². The molecule has 0 aromatic heterocycles. The lowest BCUT2D eigenvalue weighted by Crippen LogP contribution is -2.48. The third-order valence-corrected chi connectivity index (χ3v) is 8.70. The van der Waals surface area contributed by atoms with Crippen molar-refractivity contribution in [3.05, 3.63) is 65.7 Å². The van der Waals surface area contributed by atoms with Crippen molar-refractivity contribution < 1.29 is 22.8 Å². The van der Waals surface area contributed by atoms with E-state index in [1.807, 2.05) is 39.0 Å². The number of nitrogens with zero attached hydrogens (tertiary/aromatic N) is 2. The van der Waals surface area contributed by atoms with E-state index in [2.05, 4.69) is 22.8 Å². The molecule has 8 N–H and O–H groups in total. The fourth-order valence-corrected chi connectivity index (χ4v) is 5.64. The predicted molar refractivity (Wildman–Crippen MR) is 169 cm³/mol. The maximum absolute atomic E-state index is 12.2. The standard InChI is InChI=1S/C18H31N5O2.C12H18N2O3S/c1-14(7-8-15-5-3-2-4-6-15)22-18(25)16(21)13-17(24)23(11-9-19)12-10-20;1-3-14(4-2)18(16,17)12-7-5-11(6-8-12)9-13-10-15/h2-6,14,16H,7-13,19-21H2,1H3,(H,22,25);5-8,10H,3-4,9H2,1-2H3,(H,13,15). The van der Waals surface area contributed by atoms with Crippen LogP contribution in [0.25, 0.3) is 0 Å². The number of hydrogen-bond donors (Lipinski definition) is 5. The van der Waals surface area contributed by atoms with Crippen molar-refractivity contribution in [2.75, 3.05) is 39.3 Å². The number of hydrogen-bond acceptors (Lipinski definition) is 8. The molecule has 13 heteroatoms. The Balaban J connectivity index is 0.000000453. The second-order valence-corrected chi connectivity index (χ2v) is 11.9. The van der Waals surface area contributed by atoms with Crippen LogP contribution in [0.2, 0.25) is 0 Å². The van der Waals surface area contributed by atoms with E-state index in [4.69, 9.17) is 17.2 Å². The van der Waals surface area contributed by atoms with E-state index in [0.29, 0.717) is 52.2 Å². The molecule has 0 bridgehead atoms. The highest BCUT2D eigenvalue weighted by molar-refractivity contribution is 7.89. The molecule has 0 radical (unpaired) electrons. The number of aryl methyl sites for hydroxylation is 1. The molecule has 43 heavy (non-hydrogen) atoms. The number of benzene rings is 2. The Morgan fingerprint density at radius 3 is 2.02 bits per heavy atom. The van der Waals surface area contributed by atoms with Gasteiger partial charge in [0.15, 0.2) is 0 Å². The normalized spacial score (nSPS) is 12.4. The van der Waals surface area contributed by atoms with Crippen LogP contribution in [0.15, 0.2) is 59.5 Å². The summed E-state index contributed by atoms with van der Waals surface area (Å²) < 4.78 is 25.8. The van der Waals surface area contributed by atoms with Crippen LogP contribution >= 0.6 is 0 Å². The highest BCUT2D eigenvalue weighted by Gasteiger charge is 2.22. The zero-order valence-electron chi connectivity index (χ0n) is 25.6. The molecule has 0 spiro atoms. The van der Waals surface area contributed by atoms with E-state index < -0.39 is 16.1 Å². The number of rotatable bonds is 18. The maximum Gasteiger partial charge on any atom is 0.243 e. The van der Waals surface area contributed by atoms with Gasteiger partial charge in [-0.15, -0.1) is 0 Å². The maximum atomic E-state index is 12.2. The van der Waals surface area contributed by atoms with E-state index in [-0.39, 0.29) is 29.2 Å². The molecule has 0 aliphatic heterocycles. The first-order chi connectivity index (χ1) is 20.5. The SMILES string of the molecule is CC(CCc1ccccc1)NC(=O)C(N)CC(=O)N(CCN)CCN.CCN(CC)S(=O)(=O)c1ccc(CNC=O)cc1. The summed E-state index contributed by atoms with van der Waals surface area (Å²) in [4.78, 5) is 36.4. The first kappa shape index (κ1) is 37.7. The molecule has 0 aliphatic carbocycles. The Bertz CT molecular complexity index is 1190. The van der Waals surface area contributed by atoms with Crippen LogP contribution in [0, 0.1) is 0 Å². The van der Waals surface area contributed by atoms with E-state index >= 15 is 0 Å². The van der Waals surface area contributed by atoms with Gasteiger partial charge in [-0.1, -0.05) is 56.3 Å². The van der Waals surface area contributed by atoms with E-state index in [9.17, 15) is 22.8 Å². The molecule has 2 aromatic rings. The molecular formula is C30H49N7O5S. The second kappa shape index (κ2) is 20.5. The minimum Gasteiger partial charge on any atom is -0.355 e. The first-order valence-corrected chi connectivity index (χ1v) is 16.0. The highest BCUT2D eigenvalue weighted by Crippen LogP contribution is 2.16. The van der Waals surface area contributed by atoms with Crippen LogP contribution in [-0.4, -0.2) is 87.2 Å². The Morgan fingerprint density at radius 1 is 0.930 bits per heavy atom. The molecular weight excluding hydrogens is 570 g/mol. The van der Waals surface area contributed by atoms with Crippen molar-refractivity contribution in [1.82, 2.24) is 19.8 Å². The number of carbonyl (C=O) groups is 3. The van der Waals surface area contributed by atoms with Crippen molar-refractivity contribution in [3.63, 3.8) is 0 Å². The predicted octanol–water partition coefficient (Wildman–Crippen LogP) is 0.550. The largest absolute Gasteiger partial charge is 0.355 e. The molecule has 2 atom stereocenters. The Kier molecular flexibility index (Phi) is 18.0. The average molecular weight is 620 g/mol. The van der Waals surface area contributed by atoms with Crippen molar-refractivity contribution >= 4 is 28.2 Å². The van der Waals surface area contributed by atoms with Crippen molar-refractivity contribution in [3.8, 4) is 0 Å². The van der Waals surface area contributed by atoms with Gasteiger partial charge in [-0.2, -0.15) is 4.31 Å². The molecule has 0 aliphatic rings. The van der Waals surface area contributed by atoms with Crippen molar-refractivity contribution in [2.45, 2.75) is 63.6 Å². The molecule has 12 nitrogen and oxygen atoms in total. The first-order valence-electron chi connectivity index (χ1n) is 14.6. The monoisotopic (exact) mass is 619 g/mol. The topological polar surface area (TPSA) is 194 Å². The van der Waals surface area contributed by atoms with Gasteiger partial charge in [0.2, 0.25) is 28.2 Å². The van der Waals surface area contributed by atoms with Crippen molar-refractivity contribution in [1.29, 1.82) is 0 Å². The number of carbonyl (C=O) groups excluding carboxylic acids is 3. The number of amides is 3. The molecule has 0 saturated carbocycles. The van der Waals surface area contributed by atoms with Crippen LogP contribution in [0.5, 0.6) is 0 Å². The Labute approximate surface area is 256 Å². The lowest BCUT2D eigenvalue weighted by atomic mass is 10.1. The molecule has 2 unspecified atom stereocenters. The van der Waals surface area contributed by atoms with Crippen LogP contribution in [-0.2, 0) is 37.4 Å². The highest BCUT2D eigenvalue weighted by atomic mass is 32.2. The third kappa shape index (κ3) is 13.7. The van der Waals surface area contributed by atoms with Gasteiger partial charge < -0.3 is 32.7 Å². The summed E-state index contributed by atoms with van der Waals surface area (Å²) in [6.45, 7) is 8.39. The number of sulfonamides is 1. The molecule has 0 fully saturated rings. The fourth-order valence-electron chi connectivity index (χ4n) is 4.18. The summed E-state index contributed by atoms with van der Waals surface area (Å²) in [5.41, 5.74) is 18.9. The van der Waals surface area contributed by atoms with Crippen LogP contribution in [0.4, 0.5) is 0 Å². The zero-order valence-corrected chi connectivity index (χ0v) is 26.4. The molecule has 2 rings (SSSR count). The second-order valence-electron chi connectivity index (χ2n) is 9.93. The molecule has 240 valence electrons. The molecule has 0 heterocycles. The third-order valence-electron chi connectivity index (χ3n) is 6.64. The van der Waals surface area contributed by atoms with Gasteiger partial charge >= 0.3 is 0 Å². The van der Waals surface area contributed by atoms with Crippen LogP contribution < -0.4 is 27.8 Å². The number of nitrogens with one attached hydrogen (secondary N) is 2. The summed E-state index contributed by atoms with van der Waals surface area (Å²) in [5, 5.41) is 5.40. The Morgan fingerprint density at radius 2 is 1.51 bits per heavy atom. The quantitative estimate of drug-likeness (QED) is 0.149. The number of nitrogens with two attached hydrogens (primary N) is 3. The van der Waals surface area contributed by atoms with Gasteiger partial charge in [-0.3, -0.25) is 14.4 Å². The minimum atomic E-state index is -3.40. The average Bonchev–Trinajstić information content (AvgIpc) is 3.00. The smallest absolute Gasteiger partial charge is 0.243 e. The minimum absolute atomic E-state index is 0.0157. The summed E-state index contributed by atoms with van der Waals surface area (Å²) >= 11 is 0. The van der Waals surface area contributed by atoms with Crippen LogP contribution in [0.1, 0.15) is 44.7 Å². The summed E-state index contributed by atoms with van der Waals surface area (Å²) in [7, 11) is -3.40. The van der Waals surface area contributed by atoms with Crippen LogP contribution in [0.3, 0.4) is 0 Å².